The van der Waals surface area contributed by atoms with Crippen molar-refractivity contribution < 1.29 is 17.9 Å². The third-order valence-corrected chi connectivity index (χ3v) is 5.24. The second-order valence-corrected chi connectivity index (χ2v) is 8.61. The summed E-state index contributed by atoms with van der Waals surface area (Å²) in [4.78, 5) is 12.1. The van der Waals surface area contributed by atoms with Crippen LogP contribution in [0.1, 0.15) is 32.4 Å². The summed E-state index contributed by atoms with van der Waals surface area (Å²) in [5.41, 5.74) is 0.528. The number of rotatable bonds is 2. The van der Waals surface area contributed by atoms with E-state index < -0.39 is 27.9 Å². The normalized spacial score (nSPS) is 21.1. The minimum absolute atomic E-state index is 0.426. The number of benzene rings is 1. The Bertz CT molecular complexity index is 738. The van der Waals surface area contributed by atoms with Crippen molar-refractivity contribution in [3.05, 3.63) is 47.8 Å². The molecule has 8 heteroatoms. The van der Waals surface area contributed by atoms with Gasteiger partial charge in [0.05, 0.1) is 11.7 Å². The highest BCUT2D eigenvalue weighted by Crippen LogP contribution is 2.33. The molecule has 0 aliphatic carbocycles. The number of hydrogen-bond acceptors (Lipinski definition) is 4. The Kier molecular flexibility index (Phi) is 4.91. The summed E-state index contributed by atoms with van der Waals surface area (Å²) >= 11 is 0. The van der Waals surface area contributed by atoms with Gasteiger partial charge in [-0.3, -0.25) is 9.62 Å². The van der Waals surface area contributed by atoms with Crippen LogP contribution in [0.25, 0.3) is 0 Å². The van der Waals surface area contributed by atoms with Gasteiger partial charge in [0.1, 0.15) is 5.60 Å². The van der Waals surface area contributed by atoms with Crippen molar-refractivity contribution in [2.24, 2.45) is 0 Å². The largest absolute Gasteiger partial charge is 0.444 e. The van der Waals surface area contributed by atoms with Crippen LogP contribution in [-0.4, -0.2) is 42.8 Å². The van der Waals surface area contributed by atoms with Gasteiger partial charge in [-0.1, -0.05) is 30.3 Å². The van der Waals surface area contributed by atoms with E-state index in [0.29, 0.717) is 5.70 Å². The number of likely N-dealkylation sites (N-methyl/N-ethyl adjacent to an activating group) is 1. The number of amides is 1. The van der Waals surface area contributed by atoms with Crippen LogP contribution in [0.2, 0.25) is 0 Å². The van der Waals surface area contributed by atoms with Gasteiger partial charge in [-0.25, -0.2) is 4.79 Å². The molecule has 0 aromatic heterocycles. The first-order valence-electron chi connectivity index (χ1n) is 7.50. The van der Waals surface area contributed by atoms with E-state index in [2.05, 4.69) is 5.32 Å². The number of alkyl carbamates (subject to hydrolysis) is 1. The Labute approximate surface area is 143 Å². The van der Waals surface area contributed by atoms with Crippen LogP contribution in [0.15, 0.2) is 42.2 Å². The summed E-state index contributed by atoms with van der Waals surface area (Å²) in [5, 5.41) is 2.67. The van der Waals surface area contributed by atoms with Crippen molar-refractivity contribution in [2.45, 2.75) is 32.4 Å². The van der Waals surface area contributed by atoms with Crippen LogP contribution in [-0.2, 0) is 14.9 Å². The molecular formula is C16H23N3O4S. The summed E-state index contributed by atoms with van der Waals surface area (Å²) in [6, 6.07) is 8.47. The lowest BCUT2D eigenvalue weighted by Gasteiger charge is -2.37. The maximum Gasteiger partial charge on any atom is 0.411 e. The molecule has 2 rings (SSSR count). The molecule has 24 heavy (non-hydrogen) atoms. The maximum atomic E-state index is 12.4. The summed E-state index contributed by atoms with van der Waals surface area (Å²) in [6.07, 6.45) is 0.771. The predicted molar refractivity (Wildman–Crippen MR) is 91.1 cm³/mol. The van der Waals surface area contributed by atoms with E-state index in [9.17, 15) is 13.2 Å². The van der Waals surface area contributed by atoms with E-state index in [0.717, 1.165) is 9.87 Å². The molecule has 1 aliphatic rings. The second-order valence-electron chi connectivity index (χ2n) is 6.56. The van der Waals surface area contributed by atoms with Gasteiger partial charge in [-0.2, -0.15) is 12.7 Å². The van der Waals surface area contributed by atoms with Crippen molar-refractivity contribution in [1.82, 2.24) is 13.9 Å². The molecule has 0 bridgehead atoms. The van der Waals surface area contributed by atoms with Gasteiger partial charge >= 0.3 is 16.3 Å². The maximum absolute atomic E-state index is 12.4. The Hall–Kier alpha value is -2.06. The Morgan fingerprint density at radius 2 is 1.75 bits per heavy atom. The molecule has 1 unspecified atom stereocenters. The molecule has 0 saturated heterocycles. The van der Waals surface area contributed by atoms with Crippen molar-refractivity contribution in [3.8, 4) is 0 Å². The average Bonchev–Trinajstić information content (AvgIpc) is 2.44. The first kappa shape index (κ1) is 18.3. The molecular weight excluding hydrogens is 330 g/mol. The molecule has 1 aromatic rings. The minimum Gasteiger partial charge on any atom is -0.444 e. The molecule has 0 radical (unpaired) electrons. The molecule has 1 aliphatic heterocycles. The van der Waals surface area contributed by atoms with E-state index in [1.54, 1.807) is 20.8 Å². The smallest absolute Gasteiger partial charge is 0.411 e. The minimum atomic E-state index is -3.64. The highest BCUT2D eigenvalue weighted by Gasteiger charge is 2.38. The zero-order valence-electron chi connectivity index (χ0n) is 14.5. The van der Waals surface area contributed by atoms with Gasteiger partial charge in [0.2, 0.25) is 0 Å². The molecule has 1 aromatic carbocycles. The zero-order valence-corrected chi connectivity index (χ0v) is 15.3. The van der Waals surface area contributed by atoms with Gasteiger partial charge in [0.25, 0.3) is 0 Å². The summed E-state index contributed by atoms with van der Waals surface area (Å²) in [7, 11) is -0.743. The third kappa shape index (κ3) is 3.88. The molecule has 7 nitrogen and oxygen atoms in total. The van der Waals surface area contributed by atoms with Crippen molar-refractivity contribution in [1.29, 1.82) is 0 Å². The lowest BCUT2D eigenvalue weighted by Crippen LogP contribution is -2.47. The summed E-state index contributed by atoms with van der Waals surface area (Å²) in [5.74, 6) is 0. The van der Waals surface area contributed by atoms with E-state index in [-0.39, 0.29) is 0 Å². The van der Waals surface area contributed by atoms with E-state index >= 15 is 0 Å². The molecule has 1 atom stereocenters. The Morgan fingerprint density at radius 1 is 1.17 bits per heavy atom. The molecule has 0 saturated carbocycles. The fourth-order valence-electron chi connectivity index (χ4n) is 2.41. The van der Waals surface area contributed by atoms with Crippen LogP contribution in [0.3, 0.4) is 0 Å². The number of ether oxygens (including phenoxy) is 1. The number of carbonyl (C=O) groups excluding carboxylic acids is 1. The number of nitrogens with one attached hydrogen (secondary N) is 1. The predicted octanol–water partition coefficient (Wildman–Crippen LogP) is 2.22. The topological polar surface area (TPSA) is 79.0 Å². The standard InChI is InChI=1S/C16H23N3O4S/c1-16(2,3)23-15(20)17-13-11-18(4)24(21,22)19(5)14(13)12-9-7-6-8-10-12/h6-11,14H,1-5H3,(H,17,20). The summed E-state index contributed by atoms with van der Waals surface area (Å²) in [6.45, 7) is 5.29. The van der Waals surface area contributed by atoms with Gasteiger partial charge in [0.15, 0.2) is 0 Å². The van der Waals surface area contributed by atoms with Crippen molar-refractivity contribution in [3.63, 3.8) is 0 Å². The van der Waals surface area contributed by atoms with Gasteiger partial charge in [0, 0.05) is 20.3 Å². The van der Waals surface area contributed by atoms with Crippen LogP contribution >= 0.6 is 0 Å². The van der Waals surface area contributed by atoms with Gasteiger partial charge in [-0.05, 0) is 26.3 Å². The van der Waals surface area contributed by atoms with Crippen LogP contribution < -0.4 is 5.32 Å². The fourth-order valence-corrected chi connectivity index (χ4v) is 3.57. The number of nitrogens with zero attached hydrogens (tertiary/aromatic N) is 2. The lowest BCUT2D eigenvalue weighted by molar-refractivity contribution is 0.0537. The first-order valence-corrected chi connectivity index (χ1v) is 8.90. The SMILES string of the molecule is CN1C=C(NC(=O)OC(C)(C)C)C(c2ccccc2)N(C)S1(=O)=O. The highest BCUT2D eigenvalue weighted by molar-refractivity contribution is 7.86. The molecule has 0 spiro atoms. The van der Waals surface area contributed by atoms with Crippen molar-refractivity contribution >= 4 is 16.3 Å². The molecule has 1 heterocycles. The Balaban J connectivity index is 2.40. The quantitative estimate of drug-likeness (QED) is 0.884. The molecule has 1 amide bonds. The molecule has 132 valence electrons. The highest BCUT2D eigenvalue weighted by atomic mass is 32.2. The summed E-state index contributed by atoms with van der Waals surface area (Å²) < 4.78 is 32.4. The van der Waals surface area contributed by atoms with Crippen molar-refractivity contribution in [2.75, 3.05) is 14.1 Å². The van der Waals surface area contributed by atoms with E-state index in [1.165, 1.54) is 24.6 Å². The zero-order chi connectivity index (χ0) is 18.1. The van der Waals surface area contributed by atoms with Crippen LogP contribution in [0, 0.1) is 0 Å². The van der Waals surface area contributed by atoms with Gasteiger partial charge in [-0.15, -0.1) is 0 Å². The monoisotopic (exact) mass is 353 g/mol. The number of carbonyl (C=O) groups is 1. The van der Waals surface area contributed by atoms with Crippen LogP contribution in [0.4, 0.5) is 4.79 Å². The Morgan fingerprint density at radius 3 is 2.29 bits per heavy atom. The van der Waals surface area contributed by atoms with E-state index in [4.69, 9.17) is 4.74 Å². The first-order chi connectivity index (χ1) is 11.0. The number of hydrogen-bond donors (Lipinski definition) is 1. The van der Waals surface area contributed by atoms with Gasteiger partial charge < -0.3 is 4.74 Å². The van der Waals surface area contributed by atoms with Crippen LogP contribution in [0.5, 0.6) is 0 Å². The fraction of sp³-hybridized carbons (Fsp3) is 0.438. The molecule has 1 N–H and O–H groups in total. The lowest BCUT2D eigenvalue weighted by atomic mass is 10.0. The molecule has 0 fully saturated rings. The van der Waals surface area contributed by atoms with E-state index in [1.807, 2.05) is 30.3 Å². The third-order valence-electron chi connectivity index (χ3n) is 3.47. The second kappa shape index (κ2) is 6.45. The average molecular weight is 353 g/mol.